The number of hydrogen-bond acceptors (Lipinski definition) is 3. The minimum atomic E-state index is -2.72. The minimum absolute atomic E-state index is 0.105. The highest BCUT2D eigenvalue weighted by Crippen LogP contribution is 2.44. The lowest BCUT2D eigenvalue weighted by molar-refractivity contribution is -0.0455. The lowest BCUT2D eigenvalue weighted by Crippen LogP contribution is -2.66. The van der Waals surface area contributed by atoms with Gasteiger partial charge in [-0.15, -0.1) is 0 Å². The molecule has 1 aromatic carbocycles. The molecule has 0 aromatic heterocycles. The quantitative estimate of drug-likeness (QED) is 0.552. The largest absolute Gasteiger partial charge is 0.393 e. The fraction of sp³-hybridized carbons (Fsp3) is 0.684. The fourth-order valence-corrected chi connectivity index (χ4v) is 8.52. The lowest BCUT2D eigenvalue weighted by atomic mass is 10.0. The van der Waals surface area contributed by atoms with E-state index in [9.17, 15) is 13.2 Å². The Kier molecular flexibility index (Phi) is 7.70. The minimum Gasteiger partial charge on any atom is -0.393 e. The third-order valence-corrected chi connectivity index (χ3v) is 9.65. The van der Waals surface area contributed by atoms with E-state index in [0.717, 1.165) is 37.4 Å². The van der Waals surface area contributed by atoms with E-state index in [1.165, 1.54) is 0 Å². The van der Waals surface area contributed by atoms with Crippen molar-refractivity contribution in [2.24, 2.45) is 0 Å². The van der Waals surface area contributed by atoms with Gasteiger partial charge in [-0.3, -0.25) is 0 Å². The molecule has 1 aromatic rings. The summed E-state index contributed by atoms with van der Waals surface area (Å²) < 4.78 is 60.0. The predicted octanol–water partition coefficient (Wildman–Crippen LogP) is 5.05. The van der Waals surface area contributed by atoms with E-state index in [4.69, 9.17) is 13.6 Å². The van der Waals surface area contributed by atoms with Gasteiger partial charge in [0.2, 0.25) is 0 Å². The van der Waals surface area contributed by atoms with Gasteiger partial charge in [-0.05, 0) is 46.1 Å². The second-order valence-corrected chi connectivity index (χ2v) is 10.1. The van der Waals surface area contributed by atoms with Gasteiger partial charge in [0.1, 0.15) is 22.7 Å². The molecule has 148 valence electrons. The molecule has 1 saturated heterocycles. The summed E-state index contributed by atoms with van der Waals surface area (Å²) in [6.45, 7) is 7.27. The van der Waals surface area contributed by atoms with Gasteiger partial charge in [-0.1, -0.05) is 12.8 Å². The highest BCUT2D eigenvalue weighted by Gasteiger charge is 2.59. The van der Waals surface area contributed by atoms with Crippen molar-refractivity contribution in [2.45, 2.75) is 64.1 Å². The smallest absolute Gasteiger partial charge is 0.371 e. The molecular formula is C19H29F3O3Si. The first-order chi connectivity index (χ1) is 12.4. The Balaban J connectivity index is 2.35. The Morgan fingerprint density at radius 2 is 1.58 bits per heavy atom. The van der Waals surface area contributed by atoms with Gasteiger partial charge >= 0.3 is 8.56 Å². The first-order valence-electron chi connectivity index (χ1n) is 9.49. The molecule has 3 nitrogen and oxygen atoms in total. The van der Waals surface area contributed by atoms with Crippen molar-refractivity contribution in [3.05, 3.63) is 35.1 Å². The van der Waals surface area contributed by atoms with Gasteiger partial charge in [0.25, 0.3) is 0 Å². The van der Waals surface area contributed by atoms with Crippen LogP contribution in [0.25, 0.3) is 0 Å². The van der Waals surface area contributed by atoms with Crippen LogP contribution < -0.4 is 0 Å². The van der Waals surface area contributed by atoms with Crippen LogP contribution in [0.4, 0.5) is 13.2 Å². The molecule has 0 amide bonds. The van der Waals surface area contributed by atoms with Gasteiger partial charge in [-0.2, -0.15) is 0 Å². The number of rotatable bonds is 9. The summed E-state index contributed by atoms with van der Waals surface area (Å²) in [5.41, 5.74) is -0.105. The van der Waals surface area contributed by atoms with E-state index < -0.39 is 31.2 Å². The number of halogens is 3. The zero-order chi connectivity index (χ0) is 19.2. The Morgan fingerprint density at radius 1 is 0.962 bits per heavy atom. The molecule has 0 aliphatic carbocycles. The second-order valence-electron chi connectivity index (χ2n) is 6.60. The SMILES string of the molecule is CCOC1(CCc2c(F)cc(F)cc2F)CCCC[Si]1(OCC)OCC. The summed E-state index contributed by atoms with van der Waals surface area (Å²) in [6.07, 6.45) is 3.22. The van der Waals surface area contributed by atoms with Crippen molar-refractivity contribution < 1.29 is 26.8 Å². The summed E-state index contributed by atoms with van der Waals surface area (Å²) in [7, 11) is -2.72. The standard InChI is InChI=1S/C19H29F3O3Si/c1-4-23-19(10-7-8-12-26(19,24-5-2)25-6-3)11-9-16-17(21)13-15(20)14-18(16)22/h13-14H,4-12H2,1-3H3. The number of benzene rings is 1. The topological polar surface area (TPSA) is 27.7 Å². The number of ether oxygens (including phenoxy) is 1. The molecule has 0 radical (unpaired) electrons. The molecule has 0 spiro atoms. The Labute approximate surface area is 155 Å². The first-order valence-corrected chi connectivity index (χ1v) is 11.5. The van der Waals surface area contributed by atoms with Gasteiger partial charge in [0.15, 0.2) is 0 Å². The summed E-state index contributed by atoms with van der Waals surface area (Å²) in [5, 5.41) is -0.653. The molecule has 1 fully saturated rings. The summed E-state index contributed by atoms with van der Waals surface area (Å²) in [5.74, 6) is -2.62. The van der Waals surface area contributed by atoms with Crippen molar-refractivity contribution in [3.63, 3.8) is 0 Å². The molecule has 7 heteroatoms. The Morgan fingerprint density at radius 3 is 2.12 bits per heavy atom. The molecule has 0 N–H and O–H groups in total. The molecule has 1 aliphatic heterocycles. The second kappa shape index (κ2) is 9.35. The molecule has 1 heterocycles. The maximum Gasteiger partial charge on any atom is 0.371 e. The maximum absolute atomic E-state index is 14.1. The van der Waals surface area contributed by atoms with E-state index in [1.807, 2.05) is 20.8 Å². The number of hydrogen-bond donors (Lipinski definition) is 0. The highest BCUT2D eigenvalue weighted by atomic mass is 28.4. The average molecular weight is 391 g/mol. The molecule has 1 aliphatic rings. The van der Waals surface area contributed by atoms with Crippen LogP contribution in [0.5, 0.6) is 0 Å². The monoisotopic (exact) mass is 390 g/mol. The lowest BCUT2D eigenvalue weighted by Gasteiger charge is -2.49. The summed E-state index contributed by atoms with van der Waals surface area (Å²) in [6, 6.07) is 2.26. The third-order valence-electron chi connectivity index (χ3n) is 5.09. The highest BCUT2D eigenvalue weighted by molar-refractivity contribution is 6.70. The van der Waals surface area contributed by atoms with E-state index in [-0.39, 0.29) is 12.0 Å². The molecule has 1 atom stereocenters. The van der Waals surface area contributed by atoms with E-state index in [0.29, 0.717) is 26.2 Å². The Bertz CT molecular complexity index is 561. The van der Waals surface area contributed by atoms with Crippen LogP contribution in [0, 0.1) is 17.5 Å². The van der Waals surface area contributed by atoms with Crippen LogP contribution in [0.1, 0.15) is 52.0 Å². The molecule has 0 bridgehead atoms. The summed E-state index contributed by atoms with van der Waals surface area (Å²) in [4.78, 5) is 0. The molecule has 26 heavy (non-hydrogen) atoms. The zero-order valence-electron chi connectivity index (χ0n) is 15.9. The van der Waals surface area contributed by atoms with E-state index in [2.05, 4.69) is 0 Å². The molecule has 2 rings (SSSR count). The van der Waals surface area contributed by atoms with Crippen molar-refractivity contribution >= 4 is 8.56 Å². The van der Waals surface area contributed by atoms with Crippen LogP contribution in [0.2, 0.25) is 6.04 Å². The predicted molar refractivity (Wildman–Crippen MR) is 96.7 cm³/mol. The van der Waals surface area contributed by atoms with Crippen LogP contribution in [0.15, 0.2) is 12.1 Å². The van der Waals surface area contributed by atoms with E-state index >= 15 is 0 Å². The van der Waals surface area contributed by atoms with Crippen molar-refractivity contribution in [1.82, 2.24) is 0 Å². The van der Waals surface area contributed by atoms with Gasteiger partial charge < -0.3 is 13.6 Å². The Hall–Kier alpha value is -0.893. The van der Waals surface area contributed by atoms with Gasteiger partial charge in [0.05, 0.1) is 0 Å². The van der Waals surface area contributed by atoms with Crippen LogP contribution in [-0.4, -0.2) is 33.6 Å². The van der Waals surface area contributed by atoms with E-state index in [1.54, 1.807) is 0 Å². The van der Waals surface area contributed by atoms with Gasteiger partial charge in [-0.25, -0.2) is 13.2 Å². The normalized spacial score (nSPS) is 22.5. The zero-order valence-corrected chi connectivity index (χ0v) is 16.9. The third kappa shape index (κ3) is 4.32. The molecular weight excluding hydrogens is 361 g/mol. The van der Waals surface area contributed by atoms with Gasteiger partial charge in [0, 0.05) is 37.5 Å². The van der Waals surface area contributed by atoms with Crippen molar-refractivity contribution in [3.8, 4) is 0 Å². The average Bonchev–Trinajstić information content (AvgIpc) is 2.57. The molecule has 1 unspecified atom stereocenters. The fourth-order valence-electron chi connectivity index (χ4n) is 4.09. The van der Waals surface area contributed by atoms with Crippen LogP contribution >= 0.6 is 0 Å². The first kappa shape index (κ1) is 21.4. The van der Waals surface area contributed by atoms with Crippen LogP contribution in [0.3, 0.4) is 0 Å². The van der Waals surface area contributed by atoms with Crippen molar-refractivity contribution in [2.75, 3.05) is 19.8 Å². The van der Waals surface area contributed by atoms with Crippen LogP contribution in [-0.2, 0) is 20.0 Å². The maximum atomic E-state index is 14.1. The van der Waals surface area contributed by atoms with Crippen molar-refractivity contribution in [1.29, 1.82) is 0 Å². The summed E-state index contributed by atoms with van der Waals surface area (Å²) >= 11 is 0. The molecule has 0 saturated carbocycles.